The first-order valence-corrected chi connectivity index (χ1v) is 8.09. The van der Waals surface area contributed by atoms with Gasteiger partial charge in [0.05, 0.1) is 5.69 Å². The molecule has 3 aromatic rings. The molecule has 120 valence electrons. The van der Waals surface area contributed by atoms with Crippen molar-refractivity contribution in [2.45, 2.75) is 20.5 Å². The molecule has 0 amide bonds. The average molecular weight is 315 g/mol. The number of aliphatic imine (C=N–C) groups is 1. The Morgan fingerprint density at radius 3 is 2.54 bits per heavy atom. The normalized spacial score (nSPS) is 10.9. The summed E-state index contributed by atoms with van der Waals surface area (Å²) in [6, 6.07) is 24.5. The van der Waals surface area contributed by atoms with E-state index in [9.17, 15) is 0 Å². The third kappa shape index (κ3) is 4.32. The predicted molar refractivity (Wildman–Crippen MR) is 100 cm³/mol. The lowest BCUT2D eigenvalue weighted by molar-refractivity contribution is 0.306. The van der Waals surface area contributed by atoms with Crippen LogP contribution >= 0.6 is 0 Å². The maximum atomic E-state index is 5.87. The topological polar surface area (TPSA) is 21.6 Å². The Labute approximate surface area is 143 Å². The van der Waals surface area contributed by atoms with Crippen LogP contribution in [0.3, 0.4) is 0 Å². The highest BCUT2D eigenvalue weighted by Gasteiger charge is 1.99. The highest BCUT2D eigenvalue weighted by Crippen LogP contribution is 2.20. The molecule has 0 fully saturated rings. The van der Waals surface area contributed by atoms with Gasteiger partial charge in [-0.3, -0.25) is 4.99 Å². The van der Waals surface area contributed by atoms with Gasteiger partial charge in [-0.1, -0.05) is 54.6 Å². The van der Waals surface area contributed by atoms with E-state index in [1.165, 1.54) is 11.1 Å². The average Bonchev–Trinajstić information content (AvgIpc) is 2.62. The molecule has 24 heavy (non-hydrogen) atoms. The molecule has 0 aliphatic carbocycles. The predicted octanol–water partition coefficient (Wildman–Crippen LogP) is 5.63. The minimum Gasteiger partial charge on any atom is -0.489 e. The van der Waals surface area contributed by atoms with E-state index in [0.717, 1.165) is 22.6 Å². The molecule has 0 bridgehead atoms. The third-order valence-corrected chi connectivity index (χ3v) is 3.82. The SMILES string of the molecule is Cc1ccc(C)c(N=Cc2cccc(OCc3ccccc3)c2)c1. The Morgan fingerprint density at radius 2 is 1.71 bits per heavy atom. The highest BCUT2D eigenvalue weighted by atomic mass is 16.5. The monoisotopic (exact) mass is 315 g/mol. The van der Waals surface area contributed by atoms with Crippen molar-refractivity contribution >= 4 is 11.9 Å². The van der Waals surface area contributed by atoms with Crippen LogP contribution in [0.15, 0.2) is 77.8 Å². The van der Waals surface area contributed by atoms with Gasteiger partial charge in [-0.15, -0.1) is 0 Å². The van der Waals surface area contributed by atoms with Crippen LogP contribution in [0.2, 0.25) is 0 Å². The van der Waals surface area contributed by atoms with E-state index in [-0.39, 0.29) is 0 Å². The van der Waals surface area contributed by atoms with E-state index in [1.807, 2.05) is 48.7 Å². The van der Waals surface area contributed by atoms with Crippen LogP contribution in [0.1, 0.15) is 22.3 Å². The van der Waals surface area contributed by atoms with Crippen LogP contribution < -0.4 is 4.74 Å². The van der Waals surface area contributed by atoms with Gasteiger partial charge in [-0.25, -0.2) is 0 Å². The lowest BCUT2D eigenvalue weighted by atomic mass is 10.1. The van der Waals surface area contributed by atoms with Gasteiger partial charge in [0, 0.05) is 6.21 Å². The van der Waals surface area contributed by atoms with Crippen molar-refractivity contribution in [3.63, 3.8) is 0 Å². The van der Waals surface area contributed by atoms with Crippen LogP contribution in [-0.2, 0) is 6.61 Å². The molecule has 0 aliphatic heterocycles. The van der Waals surface area contributed by atoms with Crippen molar-refractivity contribution in [3.05, 3.63) is 95.1 Å². The zero-order chi connectivity index (χ0) is 16.8. The molecule has 0 saturated carbocycles. The number of hydrogen-bond donors (Lipinski definition) is 0. The van der Waals surface area contributed by atoms with Crippen molar-refractivity contribution in [1.82, 2.24) is 0 Å². The van der Waals surface area contributed by atoms with Gasteiger partial charge in [0.2, 0.25) is 0 Å². The molecule has 0 N–H and O–H groups in total. The van der Waals surface area contributed by atoms with Crippen molar-refractivity contribution in [1.29, 1.82) is 0 Å². The van der Waals surface area contributed by atoms with Crippen molar-refractivity contribution < 1.29 is 4.74 Å². The maximum Gasteiger partial charge on any atom is 0.120 e. The van der Waals surface area contributed by atoms with E-state index in [1.54, 1.807) is 0 Å². The van der Waals surface area contributed by atoms with Crippen molar-refractivity contribution in [2.24, 2.45) is 4.99 Å². The molecular weight excluding hydrogens is 294 g/mol. The fourth-order valence-electron chi connectivity index (χ4n) is 2.43. The molecule has 0 spiro atoms. The summed E-state index contributed by atoms with van der Waals surface area (Å²) in [7, 11) is 0. The van der Waals surface area contributed by atoms with E-state index in [2.05, 4.69) is 49.2 Å². The quantitative estimate of drug-likeness (QED) is 0.559. The standard InChI is InChI=1S/C22H21NO/c1-17-11-12-18(2)22(13-17)23-15-20-9-6-10-21(14-20)24-16-19-7-4-3-5-8-19/h3-15H,16H2,1-2H3. The second-order valence-corrected chi connectivity index (χ2v) is 5.89. The second kappa shape index (κ2) is 7.60. The summed E-state index contributed by atoms with van der Waals surface area (Å²) in [5.41, 5.74) is 5.58. The van der Waals surface area contributed by atoms with Gasteiger partial charge in [0.25, 0.3) is 0 Å². The molecule has 3 rings (SSSR count). The fourth-order valence-corrected chi connectivity index (χ4v) is 2.43. The highest BCUT2D eigenvalue weighted by molar-refractivity contribution is 5.82. The number of benzene rings is 3. The summed E-state index contributed by atoms with van der Waals surface area (Å²) in [4.78, 5) is 4.62. The summed E-state index contributed by atoms with van der Waals surface area (Å²) < 4.78 is 5.87. The Hall–Kier alpha value is -2.87. The second-order valence-electron chi connectivity index (χ2n) is 5.89. The van der Waals surface area contributed by atoms with E-state index in [0.29, 0.717) is 6.61 Å². The van der Waals surface area contributed by atoms with Gasteiger partial charge >= 0.3 is 0 Å². The molecule has 0 aromatic heterocycles. The molecule has 2 heteroatoms. The zero-order valence-corrected chi connectivity index (χ0v) is 14.1. The molecule has 0 heterocycles. The van der Waals surface area contributed by atoms with Crippen LogP contribution in [0.4, 0.5) is 5.69 Å². The lowest BCUT2D eigenvalue weighted by Crippen LogP contribution is -1.95. The van der Waals surface area contributed by atoms with Crippen molar-refractivity contribution in [3.8, 4) is 5.75 Å². The van der Waals surface area contributed by atoms with E-state index >= 15 is 0 Å². The number of rotatable bonds is 5. The minimum absolute atomic E-state index is 0.568. The summed E-state index contributed by atoms with van der Waals surface area (Å²) >= 11 is 0. The number of nitrogens with zero attached hydrogens (tertiary/aromatic N) is 1. The van der Waals surface area contributed by atoms with E-state index in [4.69, 9.17) is 4.74 Å². The number of hydrogen-bond acceptors (Lipinski definition) is 2. The summed E-state index contributed by atoms with van der Waals surface area (Å²) in [5, 5.41) is 0. The largest absolute Gasteiger partial charge is 0.489 e. The van der Waals surface area contributed by atoms with Gasteiger partial charge < -0.3 is 4.74 Å². The minimum atomic E-state index is 0.568. The Morgan fingerprint density at radius 1 is 0.875 bits per heavy atom. The van der Waals surface area contributed by atoms with Crippen molar-refractivity contribution in [2.75, 3.05) is 0 Å². The van der Waals surface area contributed by atoms with Crippen LogP contribution in [0, 0.1) is 13.8 Å². The molecule has 2 nitrogen and oxygen atoms in total. The zero-order valence-electron chi connectivity index (χ0n) is 14.1. The first-order chi connectivity index (χ1) is 11.7. The molecule has 0 aliphatic rings. The summed E-state index contributed by atoms with van der Waals surface area (Å²) in [6.07, 6.45) is 1.89. The summed E-state index contributed by atoms with van der Waals surface area (Å²) in [6.45, 7) is 4.72. The third-order valence-electron chi connectivity index (χ3n) is 3.82. The number of ether oxygens (including phenoxy) is 1. The first kappa shape index (κ1) is 16.0. The molecule has 0 radical (unpaired) electrons. The van der Waals surface area contributed by atoms with Crippen LogP contribution in [0.5, 0.6) is 5.75 Å². The van der Waals surface area contributed by atoms with E-state index < -0.39 is 0 Å². The smallest absolute Gasteiger partial charge is 0.120 e. The van der Waals surface area contributed by atoms with Gasteiger partial charge in [-0.2, -0.15) is 0 Å². The molecule has 0 unspecified atom stereocenters. The first-order valence-electron chi connectivity index (χ1n) is 8.09. The molecule has 0 atom stereocenters. The van der Waals surface area contributed by atoms with Gasteiger partial charge in [0.1, 0.15) is 12.4 Å². The summed E-state index contributed by atoms with van der Waals surface area (Å²) in [5.74, 6) is 0.851. The fraction of sp³-hybridized carbons (Fsp3) is 0.136. The Balaban J connectivity index is 1.71. The Bertz CT molecular complexity index is 838. The van der Waals surface area contributed by atoms with Crippen LogP contribution in [-0.4, -0.2) is 6.21 Å². The number of aryl methyl sites for hydroxylation is 2. The maximum absolute atomic E-state index is 5.87. The van der Waals surface area contributed by atoms with Crippen LogP contribution in [0.25, 0.3) is 0 Å². The van der Waals surface area contributed by atoms with Gasteiger partial charge in [-0.05, 0) is 54.3 Å². The van der Waals surface area contributed by atoms with Gasteiger partial charge in [0.15, 0.2) is 0 Å². The molecular formula is C22H21NO. The lowest BCUT2D eigenvalue weighted by Gasteiger charge is -2.07. The molecule has 0 saturated heterocycles. The Kier molecular flexibility index (Phi) is 5.07. The molecule has 3 aromatic carbocycles.